The van der Waals surface area contributed by atoms with Gasteiger partial charge in [-0.25, -0.2) is 4.39 Å². The molecule has 100 valence electrons. The van der Waals surface area contributed by atoms with Crippen LogP contribution in [-0.4, -0.2) is 0 Å². The van der Waals surface area contributed by atoms with Gasteiger partial charge in [-0.1, -0.05) is 45.7 Å². The fourth-order valence-corrected chi connectivity index (χ4v) is 2.56. The van der Waals surface area contributed by atoms with Crippen molar-refractivity contribution in [3.63, 3.8) is 0 Å². The van der Waals surface area contributed by atoms with Crippen LogP contribution in [0.15, 0.2) is 46.9 Å². The first-order valence-electron chi connectivity index (χ1n) is 5.99. The Morgan fingerprint density at radius 1 is 1.26 bits per heavy atom. The lowest BCUT2D eigenvalue weighted by atomic mass is 10.1. The van der Waals surface area contributed by atoms with Crippen LogP contribution in [-0.2, 0) is 6.54 Å². The van der Waals surface area contributed by atoms with Gasteiger partial charge >= 0.3 is 0 Å². The van der Waals surface area contributed by atoms with Gasteiger partial charge in [0.2, 0.25) is 0 Å². The molecule has 1 unspecified atom stereocenters. The molecule has 0 fully saturated rings. The molecule has 0 bridgehead atoms. The summed E-state index contributed by atoms with van der Waals surface area (Å²) >= 11 is 9.57. The van der Waals surface area contributed by atoms with E-state index in [2.05, 4.69) is 21.2 Å². The molecule has 2 rings (SSSR count). The van der Waals surface area contributed by atoms with Crippen LogP contribution in [0, 0.1) is 5.82 Å². The number of hydrogen-bond acceptors (Lipinski definition) is 1. The lowest BCUT2D eigenvalue weighted by molar-refractivity contribution is 0.568. The topological polar surface area (TPSA) is 12.0 Å². The van der Waals surface area contributed by atoms with E-state index in [4.69, 9.17) is 11.6 Å². The van der Waals surface area contributed by atoms with Gasteiger partial charge in [0.1, 0.15) is 5.82 Å². The van der Waals surface area contributed by atoms with Crippen LogP contribution in [0.2, 0.25) is 5.02 Å². The first kappa shape index (κ1) is 14.5. The molecule has 0 saturated carbocycles. The zero-order valence-corrected chi connectivity index (χ0v) is 12.8. The minimum Gasteiger partial charge on any atom is -0.306 e. The lowest BCUT2D eigenvalue weighted by Crippen LogP contribution is -2.18. The van der Waals surface area contributed by atoms with Crippen LogP contribution in [0.5, 0.6) is 0 Å². The summed E-state index contributed by atoms with van der Waals surface area (Å²) < 4.78 is 14.1. The van der Waals surface area contributed by atoms with Gasteiger partial charge in [0.15, 0.2) is 0 Å². The molecule has 0 aliphatic rings. The summed E-state index contributed by atoms with van der Waals surface area (Å²) in [5.74, 6) is -0.231. The Balaban J connectivity index is 2.06. The van der Waals surface area contributed by atoms with Crippen molar-refractivity contribution in [2.75, 3.05) is 0 Å². The standard InChI is InChI=1S/C15H14BrClFN/c1-10(13-4-2-3-5-15(13)17)19-9-11-8-12(18)6-7-14(11)16/h2-8,10,19H,9H2,1H3. The Bertz CT molecular complexity index is 574. The molecule has 0 aliphatic heterocycles. The predicted molar refractivity (Wildman–Crippen MR) is 80.8 cm³/mol. The quantitative estimate of drug-likeness (QED) is 0.816. The van der Waals surface area contributed by atoms with E-state index in [1.165, 1.54) is 12.1 Å². The van der Waals surface area contributed by atoms with Crippen LogP contribution >= 0.6 is 27.5 Å². The minimum atomic E-state index is -0.231. The summed E-state index contributed by atoms with van der Waals surface area (Å²) in [5.41, 5.74) is 1.93. The second-order valence-electron chi connectivity index (χ2n) is 4.36. The fourth-order valence-electron chi connectivity index (χ4n) is 1.88. The van der Waals surface area contributed by atoms with Gasteiger partial charge in [-0.05, 0) is 42.3 Å². The van der Waals surface area contributed by atoms with E-state index in [-0.39, 0.29) is 11.9 Å². The highest BCUT2D eigenvalue weighted by Gasteiger charge is 2.09. The average Bonchev–Trinajstić information content (AvgIpc) is 2.40. The zero-order valence-electron chi connectivity index (χ0n) is 10.5. The molecule has 2 aromatic carbocycles. The third-order valence-corrected chi connectivity index (χ3v) is 4.10. The van der Waals surface area contributed by atoms with Gasteiger partial charge < -0.3 is 5.32 Å². The second kappa shape index (κ2) is 6.51. The van der Waals surface area contributed by atoms with Gasteiger partial charge in [-0.3, -0.25) is 0 Å². The van der Waals surface area contributed by atoms with Crippen LogP contribution in [0.4, 0.5) is 4.39 Å². The van der Waals surface area contributed by atoms with Crippen molar-refractivity contribution in [1.82, 2.24) is 5.32 Å². The maximum atomic E-state index is 13.2. The Hall–Kier alpha value is -0.900. The Morgan fingerprint density at radius 2 is 2.00 bits per heavy atom. The second-order valence-corrected chi connectivity index (χ2v) is 5.62. The molecule has 1 atom stereocenters. The summed E-state index contributed by atoms with van der Waals surface area (Å²) in [6.45, 7) is 2.61. The molecule has 0 aliphatic carbocycles. The number of benzene rings is 2. The van der Waals surface area contributed by atoms with Crippen molar-refractivity contribution < 1.29 is 4.39 Å². The molecule has 0 radical (unpaired) electrons. The van der Waals surface area contributed by atoms with E-state index >= 15 is 0 Å². The van der Waals surface area contributed by atoms with E-state index < -0.39 is 0 Å². The Kier molecular flexibility index (Phi) is 4.97. The molecule has 0 spiro atoms. The Labute approximate surface area is 125 Å². The molecule has 1 nitrogen and oxygen atoms in total. The molecule has 0 saturated heterocycles. The van der Waals surface area contributed by atoms with E-state index in [0.29, 0.717) is 6.54 Å². The molecule has 0 amide bonds. The third kappa shape index (κ3) is 3.78. The smallest absolute Gasteiger partial charge is 0.123 e. The first-order valence-corrected chi connectivity index (χ1v) is 7.17. The van der Waals surface area contributed by atoms with Crippen molar-refractivity contribution in [1.29, 1.82) is 0 Å². The third-order valence-electron chi connectivity index (χ3n) is 2.98. The molecular weight excluding hydrogens is 329 g/mol. The number of nitrogens with one attached hydrogen (secondary N) is 1. The van der Waals surface area contributed by atoms with Crippen molar-refractivity contribution in [2.24, 2.45) is 0 Å². The molecule has 4 heteroatoms. The van der Waals surface area contributed by atoms with E-state index in [9.17, 15) is 4.39 Å². The minimum absolute atomic E-state index is 0.101. The van der Waals surface area contributed by atoms with Gasteiger partial charge in [0, 0.05) is 22.1 Å². The Morgan fingerprint density at radius 3 is 2.74 bits per heavy atom. The van der Waals surface area contributed by atoms with Crippen molar-refractivity contribution >= 4 is 27.5 Å². The molecule has 2 aromatic rings. The van der Waals surface area contributed by atoms with Crippen LogP contribution in [0.1, 0.15) is 24.1 Å². The summed E-state index contributed by atoms with van der Waals surface area (Å²) in [6, 6.07) is 12.5. The predicted octanol–water partition coefficient (Wildman–Crippen LogP) is 5.09. The van der Waals surface area contributed by atoms with E-state index in [1.54, 1.807) is 6.07 Å². The molecule has 0 heterocycles. The fraction of sp³-hybridized carbons (Fsp3) is 0.200. The maximum Gasteiger partial charge on any atom is 0.123 e. The van der Waals surface area contributed by atoms with Crippen molar-refractivity contribution in [3.05, 3.63) is 68.9 Å². The van der Waals surface area contributed by atoms with Gasteiger partial charge in [-0.15, -0.1) is 0 Å². The molecule has 1 N–H and O–H groups in total. The highest BCUT2D eigenvalue weighted by atomic mass is 79.9. The van der Waals surface area contributed by atoms with Gasteiger partial charge in [-0.2, -0.15) is 0 Å². The van der Waals surface area contributed by atoms with E-state index in [0.717, 1.165) is 20.6 Å². The van der Waals surface area contributed by atoms with E-state index in [1.807, 2.05) is 31.2 Å². The lowest BCUT2D eigenvalue weighted by Gasteiger charge is -2.16. The largest absolute Gasteiger partial charge is 0.306 e. The summed E-state index contributed by atoms with van der Waals surface area (Å²) in [5, 5.41) is 4.08. The number of hydrogen-bond donors (Lipinski definition) is 1. The maximum absolute atomic E-state index is 13.2. The normalized spacial score (nSPS) is 12.4. The molecule has 19 heavy (non-hydrogen) atoms. The molecular formula is C15H14BrClFN. The summed E-state index contributed by atoms with van der Waals surface area (Å²) in [7, 11) is 0. The van der Waals surface area contributed by atoms with Crippen LogP contribution in [0.3, 0.4) is 0 Å². The highest BCUT2D eigenvalue weighted by Crippen LogP contribution is 2.23. The van der Waals surface area contributed by atoms with Gasteiger partial charge in [0.25, 0.3) is 0 Å². The average molecular weight is 343 g/mol. The monoisotopic (exact) mass is 341 g/mol. The summed E-state index contributed by atoms with van der Waals surface area (Å²) in [4.78, 5) is 0. The number of rotatable bonds is 4. The van der Waals surface area contributed by atoms with Gasteiger partial charge in [0.05, 0.1) is 0 Å². The van der Waals surface area contributed by atoms with Crippen LogP contribution < -0.4 is 5.32 Å². The number of halogens is 3. The van der Waals surface area contributed by atoms with Crippen molar-refractivity contribution in [3.8, 4) is 0 Å². The highest BCUT2D eigenvalue weighted by molar-refractivity contribution is 9.10. The zero-order chi connectivity index (χ0) is 13.8. The van der Waals surface area contributed by atoms with Crippen LogP contribution in [0.25, 0.3) is 0 Å². The molecule has 0 aromatic heterocycles. The summed E-state index contributed by atoms with van der Waals surface area (Å²) in [6.07, 6.45) is 0. The van der Waals surface area contributed by atoms with Crippen molar-refractivity contribution in [2.45, 2.75) is 19.5 Å². The first-order chi connectivity index (χ1) is 9.08. The SMILES string of the molecule is CC(NCc1cc(F)ccc1Br)c1ccccc1Cl.